The quantitative estimate of drug-likeness (QED) is 0.446. The third kappa shape index (κ3) is 4.30. The maximum atomic E-state index is 13.0. The van der Waals surface area contributed by atoms with E-state index in [1.165, 1.54) is 0 Å². The summed E-state index contributed by atoms with van der Waals surface area (Å²) >= 11 is 3.55. The Morgan fingerprint density at radius 3 is 2.07 bits per heavy atom. The standard InChI is InChI=1S/C22H27BrN2O.BrH/c1-25(15-8-14-23)16-13-20(17-25)22(21(24)26,18-9-4-2-5-10-18)19-11-6-3-7-12-19;/h2-7,9-12,20H,8,13-17H2,1H3,(H-,24,26);1H/t20-,25?;/m1./s1. The molecule has 0 bridgehead atoms. The molecule has 1 aliphatic heterocycles. The average Bonchev–Trinajstić information content (AvgIpc) is 3.05. The Morgan fingerprint density at radius 1 is 1.11 bits per heavy atom. The van der Waals surface area contributed by atoms with Gasteiger partial charge in [0.25, 0.3) is 0 Å². The highest BCUT2D eigenvalue weighted by molar-refractivity contribution is 9.09. The molecule has 146 valence electrons. The third-order valence-corrected chi connectivity index (χ3v) is 6.53. The minimum absolute atomic E-state index is 0. The van der Waals surface area contributed by atoms with Crippen LogP contribution in [-0.4, -0.2) is 42.4 Å². The molecule has 0 saturated carbocycles. The first-order valence-corrected chi connectivity index (χ1v) is 10.5. The number of quaternary nitrogens is 1. The van der Waals surface area contributed by atoms with Crippen LogP contribution in [0.5, 0.6) is 0 Å². The van der Waals surface area contributed by atoms with E-state index in [0.29, 0.717) is 0 Å². The summed E-state index contributed by atoms with van der Waals surface area (Å²) < 4.78 is 1.00. The Kier molecular flexibility index (Phi) is 7.66. The van der Waals surface area contributed by atoms with Crippen LogP contribution in [0, 0.1) is 5.92 Å². The van der Waals surface area contributed by atoms with Crippen LogP contribution in [0.1, 0.15) is 24.0 Å². The van der Waals surface area contributed by atoms with Crippen molar-refractivity contribution >= 4 is 21.8 Å². The van der Waals surface area contributed by atoms with Gasteiger partial charge in [-0.2, -0.15) is 0 Å². The Morgan fingerprint density at radius 2 is 1.63 bits per heavy atom. The third-order valence-electron chi connectivity index (χ3n) is 5.97. The molecule has 3 nitrogen and oxygen atoms in total. The van der Waals surface area contributed by atoms with Gasteiger partial charge in [-0.1, -0.05) is 76.6 Å². The summed E-state index contributed by atoms with van der Waals surface area (Å²) in [6, 6.07) is 20.2. The fourth-order valence-electron chi connectivity index (χ4n) is 4.71. The molecule has 0 aromatic heterocycles. The van der Waals surface area contributed by atoms with Crippen LogP contribution in [0.2, 0.25) is 0 Å². The number of hydrogen-bond donors (Lipinski definition) is 1. The zero-order chi connectivity index (χ0) is 18.6. The SMILES string of the molecule is C[N+]1(CCCBr)CC[C@@H](C(C(N)=O)(c2ccccc2)c2ccccc2)C1.[Br-]. The molecule has 2 aromatic rings. The fourth-order valence-corrected chi connectivity index (χ4v) is 4.96. The minimum atomic E-state index is -0.771. The number of halogens is 2. The first kappa shape index (κ1) is 22.1. The summed E-state index contributed by atoms with van der Waals surface area (Å²) in [5.74, 6) is -0.0426. The zero-order valence-electron chi connectivity index (χ0n) is 15.8. The van der Waals surface area contributed by atoms with Gasteiger partial charge >= 0.3 is 0 Å². The highest BCUT2D eigenvalue weighted by Gasteiger charge is 2.53. The van der Waals surface area contributed by atoms with E-state index in [2.05, 4.69) is 47.2 Å². The number of benzene rings is 2. The first-order valence-electron chi connectivity index (χ1n) is 9.33. The van der Waals surface area contributed by atoms with E-state index in [1.54, 1.807) is 0 Å². The summed E-state index contributed by atoms with van der Waals surface area (Å²) in [6.45, 7) is 3.19. The Balaban J connectivity index is 0.00000261. The van der Waals surface area contributed by atoms with Gasteiger partial charge in [0.1, 0.15) is 5.41 Å². The number of amides is 1. The minimum Gasteiger partial charge on any atom is -1.00 e. The van der Waals surface area contributed by atoms with Crippen molar-refractivity contribution in [3.8, 4) is 0 Å². The second-order valence-electron chi connectivity index (χ2n) is 7.68. The van der Waals surface area contributed by atoms with Gasteiger partial charge in [0.05, 0.1) is 26.7 Å². The summed E-state index contributed by atoms with van der Waals surface area (Å²) in [7, 11) is 2.31. The van der Waals surface area contributed by atoms with Crippen LogP contribution >= 0.6 is 15.9 Å². The predicted octanol–water partition coefficient (Wildman–Crippen LogP) is 0.714. The fraction of sp³-hybridized carbons (Fsp3) is 0.409. The zero-order valence-corrected chi connectivity index (χ0v) is 19.0. The topological polar surface area (TPSA) is 43.1 Å². The van der Waals surface area contributed by atoms with E-state index in [-0.39, 0.29) is 28.8 Å². The molecule has 1 heterocycles. The van der Waals surface area contributed by atoms with E-state index in [0.717, 1.165) is 53.4 Å². The largest absolute Gasteiger partial charge is 1.00 e. The van der Waals surface area contributed by atoms with Gasteiger partial charge in [0.2, 0.25) is 5.91 Å². The van der Waals surface area contributed by atoms with Crippen molar-refractivity contribution < 1.29 is 26.3 Å². The van der Waals surface area contributed by atoms with E-state index >= 15 is 0 Å². The van der Waals surface area contributed by atoms with Gasteiger partial charge < -0.3 is 27.2 Å². The molecule has 0 spiro atoms. The number of primary amides is 1. The summed E-state index contributed by atoms with van der Waals surface area (Å²) in [6.07, 6.45) is 2.15. The number of carbonyl (C=O) groups is 1. The van der Waals surface area contributed by atoms with Gasteiger partial charge in [-0.25, -0.2) is 0 Å². The lowest BCUT2D eigenvalue weighted by Gasteiger charge is -2.38. The molecule has 1 amide bonds. The number of rotatable bonds is 7. The van der Waals surface area contributed by atoms with Gasteiger partial charge in [0.15, 0.2) is 0 Å². The molecule has 0 radical (unpaired) electrons. The number of nitrogens with zero attached hydrogens (tertiary/aromatic N) is 1. The molecular formula is C22H28Br2N2O. The molecular weight excluding hydrogens is 468 g/mol. The molecule has 0 aliphatic carbocycles. The van der Waals surface area contributed by atoms with Crippen LogP contribution in [0.3, 0.4) is 0 Å². The van der Waals surface area contributed by atoms with Crippen LogP contribution < -0.4 is 22.7 Å². The average molecular weight is 496 g/mol. The lowest BCUT2D eigenvalue weighted by atomic mass is 9.64. The molecule has 1 unspecified atom stereocenters. The van der Waals surface area contributed by atoms with Crippen molar-refractivity contribution in [3.63, 3.8) is 0 Å². The summed E-state index contributed by atoms with van der Waals surface area (Å²) in [5, 5.41) is 1.02. The Labute approximate surface area is 181 Å². The van der Waals surface area contributed by atoms with Gasteiger partial charge in [-0.05, 0) is 11.1 Å². The number of hydrogen-bond acceptors (Lipinski definition) is 1. The first-order chi connectivity index (χ1) is 12.5. The molecule has 1 saturated heterocycles. The van der Waals surface area contributed by atoms with Crippen molar-refractivity contribution in [1.82, 2.24) is 0 Å². The number of carbonyl (C=O) groups excluding carboxylic acids is 1. The van der Waals surface area contributed by atoms with Crippen LogP contribution in [0.4, 0.5) is 0 Å². The van der Waals surface area contributed by atoms with Crippen LogP contribution in [0.25, 0.3) is 0 Å². The lowest BCUT2D eigenvalue weighted by Crippen LogP contribution is -3.00. The normalized spacial score (nSPS) is 22.2. The molecule has 1 aliphatic rings. The lowest BCUT2D eigenvalue weighted by molar-refractivity contribution is -0.899. The number of alkyl halides is 1. The van der Waals surface area contributed by atoms with Crippen LogP contribution in [-0.2, 0) is 10.2 Å². The van der Waals surface area contributed by atoms with Crippen molar-refractivity contribution in [2.75, 3.05) is 32.0 Å². The van der Waals surface area contributed by atoms with Crippen molar-refractivity contribution in [3.05, 3.63) is 71.8 Å². The number of likely N-dealkylation sites (tertiary alicyclic amines) is 1. The summed E-state index contributed by atoms with van der Waals surface area (Å²) in [5.41, 5.74) is 7.40. The van der Waals surface area contributed by atoms with Gasteiger partial charge in [-0.3, -0.25) is 4.79 Å². The van der Waals surface area contributed by atoms with Crippen LogP contribution in [0.15, 0.2) is 60.7 Å². The van der Waals surface area contributed by atoms with Crippen molar-refractivity contribution in [1.29, 1.82) is 0 Å². The second kappa shape index (κ2) is 9.35. The number of nitrogens with two attached hydrogens (primary N) is 1. The maximum absolute atomic E-state index is 13.0. The second-order valence-corrected chi connectivity index (χ2v) is 8.47. The van der Waals surface area contributed by atoms with E-state index in [4.69, 9.17) is 5.73 Å². The summed E-state index contributed by atoms with van der Waals surface area (Å²) in [4.78, 5) is 13.0. The van der Waals surface area contributed by atoms with E-state index in [1.807, 2.05) is 36.4 Å². The Hall–Kier alpha value is -1.17. The molecule has 3 rings (SSSR count). The monoisotopic (exact) mass is 494 g/mol. The highest BCUT2D eigenvalue weighted by atomic mass is 79.9. The van der Waals surface area contributed by atoms with Crippen molar-refractivity contribution in [2.45, 2.75) is 18.3 Å². The molecule has 27 heavy (non-hydrogen) atoms. The predicted molar refractivity (Wildman–Crippen MR) is 110 cm³/mol. The molecule has 2 atom stereocenters. The van der Waals surface area contributed by atoms with E-state index < -0.39 is 5.41 Å². The van der Waals surface area contributed by atoms with Gasteiger partial charge in [-0.15, -0.1) is 0 Å². The Bertz CT molecular complexity index is 699. The smallest absolute Gasteiger partial charge is 0.233 e. The molecule has 2 N–H and O–H groups in total. The maximum Gasteiger partial charge on any atom is 0.233 e. The van der Waals surface area contributed by atoms with Crippen molar-refractivity contribution in [2.24, 2.45) is 11.7 Å². The molecule has 5 heteroatoms. The van der Waals surface area contributed by atoms with Gasteiger partial charge in [0, 0.05) is 24.1 Å². The highest BCUT2D eigenvalue weighted by Crippen LogP contribution is 2.45. The molecule has 1 fully saturated rings. The molecule has 2 aromatic carbocycles. The van der Waals surface area contributed by atoms with E-state index in [9.17, 15) is 4.79 Å².